The monoisotopic (exact) mass is 329 g/mol. The van der Waals surface area contributed by atoms with Gasteiger partial charge in [0.25, 0.3) is 5.91 Å². The molecule has 23 heavy (non-hydrogen) atoms. The van der Waals surface area contributed by atoms with E-state index in [9.17, 15) is 9.90 Å². The molecule has 0 saturated carbocycles. The number of nitrogens with one attached hydrogen (secondary N) is 1. The number of thiophene rings is 1. The lowest BCUT2D eigenvalue weighted by Crippen LogP contribution is -2.28. The first-order chi connectivity index (χ1) is 11.2. The first kappa shape index (κ1) is 15.6. The molecular weight excluding hydrogens is 310 g/mol. The van der Waals surface area contributed by atoms with Crippen LogP contribution in [0.5, 0.6) is 5.75 Å². The maximum Gasteiger partial charge on any atom is 0.275 e. The number of carbonyl (C=O) groups is 1. The van der Waals surface area contributed by atoms with Crippen LogP contribution in [0.15, 0.2) is 41.5 Å². The number of benzene rings is 1. The number of para-hydroxylation sites is 1. The molecule has 2 heterocycles. The number of phenolic OH excluding ortho intramolecular Hbond substituents is 1. The van der Waals surface area contributed by atoms with Crippen molar-refractivity contribution in [2.75, 3.05) is 18.0 Å². The van der Waals surface area contributed by atoms with E-state index >= 15 is 0 Å². The summed E-state index contributed by atoms with van der Waals surface area (Å²) in [4.78, 5) is 15.3. The van der Waals surface area contributed by atoms with Crippen LogP contribution in [0.25, 0.3) is 0 Å². The highest BCUT2D eigenvalue weighted by atomic mass is 32.1. The molecule has 0 atom stereocenters. The minimum absolute atomic E-state index is 0.0521. The van der Waals surface area contributed by atoms with Crippen LogP contribution in [-0.2, 0) is 0 Å². The first-order valence-electron chi connectivity index (χ1n) is 7.70. The molecule has 6 heteroatoms. The second-order valence-corrected chi connectivity index (χ2v) is 6.53. The predicted molar refractivity (Wildman–Crippen MR) is 93.6 cm³/mol. The summed E-state index contributed by atoms with van der Waals surface area (Å²) in [5, 5.41) is 14.9. The fourth-order valence-electron chi connectivity index (χ4n) is 2.58. The Morgan fingerprint density at radius 2 is 1.96 bits per heavy atom. The lowest BCUT2D eigenvalue weighted by atomic mass is 10.1. The van der Waals surface area contributed by atoms with Crippen LogP contribution in [0.1, 0.15) is 34.5 Å². The molecule has 5 nitrogen and oxygen atoms in total. The Kier molecular flexibility index (Phi) is 4.92. The molecular formula is C17H19N3O2S. The third-order valence-electron chi connectivity index (χ3n) is 3.79. The van der Waals surface area contributed by atoms with E-state index < -0.39 is 5.91 Å². The van der Waals surface area contributed by atoms with Crippen LogP contribution < -0.4 is 10.3 Å². The van der Waals surface area contributed by atoms with E-state index in [-0.39, 0.29) is 11.3 Å². The van der Waals surface area contributed by atoms with Crippen LogP contribution in [0.2, 0.25) is 0 Å². The van der Waals surface area contributed by atoms with Gasteiger partial charge in [0.05, 0.1) is 16.8 Å². The number of rotatable bonds is 4. The standard InChI is InChI=1S/C17H19N3O2S/c21-15-7-3-2-6-14(15)17(22)19-18-12-13-8-9-16(23-13)20-10-4-1-5-11-20/h2-3,6-9,12,21H,1,4-5,10-11H2,(H,19,22). The van der Waals surface area contributed by atoms with Crippen molar-refractivity contribution in [2.24, 2.45) is 5.10 Å². The highest BCUT2D eigenvalue weighted by molar-refractivity contribution is 7.17. The minimum atomic E-state index is -0.424. The Morgan fingerprint density at radius 3 is 2.74 bits per heavy atom. The summed E-state index contributed by atoms with van der Waals surface area (Å²) < 4.78 is 0. The average Bonchev–Trinajstić information content (AvgIpc) is 3.05. The van der Waals surface area contributed by atoms with Crippen molar-refractivity contribution in [1.82, 2.24) is 5.43 Å². The Labute approximate surface area is 139 Å². The van der Waals surface area contributed by atoms with Gasteiger partial charge in [-0.1, -0.05) is 12.1 Å². The van der Waals surface area contributed by atoms with Crippen LogP contribution >= 0.6 is 11.3 Å². The van der Waals surface area contributed by atoms with Gasteiger partial charge < -0.3 is 10.0 Å². The summed E-state index contributed by atoms with van der Waals surface area (Å²) in [6, 6.07) is 10.5. The van der Waals surface area contributed by atoms with Gasteiger partial charge in [-0.3, -0.25) is 4.79 Å². The van der Waals surface area contributed by atoms with E-state index in [0.717, 1.165) is 18.0 Å². The van der Waals surface area contributed by atoms with Gasteiger partial charge in [0.2, 0.25) is 0 Å². The number of nitrogens with zero attached hydrogens (tertiary/aromatic N) is 2. The molecule has 0 bridgehead atoms. The molecule has 1 fully saturated rings. The fraction of sp³-hybridized carbons (Fsp3) is 0.294. The normalized spacial score (nSPS) is 15.0. The molecule has 3 rings (SSSR count). The average molecular weight is 329 g/mol. The third kappa shape index (κ3) is 3.90. The maximum absolute atomic E-state index is 11.9. The highest BCUT2D eigenvalue weighted by Crippen LogP contribution is 2.27. The Bertz CT molecular complexity index is 705. The highest BCUT2D eigenvalue weighted by Gasteiger charge is 2.12. The molecule has 1 aliphatic rings. The summed E-state index contributed by atoms with van der Waals surface area (Å²) >= 11 is 1.67. The summed E-state index contributed by atoms with van der Waals surface area (Å²) in [5.74, 6) is -0.476. The number of anilines is 1. The zero-order valence-corrected chi connectivity index (χ0v) is 13.6. The van der Waals surface area contributed by atoms with Crippen molar-refractivity contribution in [3.8, 4) is 5.75 Å². The van der Waals surface area contributed by atoms with Gasteiger partial charge >= 0.3 is 0 Å². The van der Waals surface area contributed by atoms with E-state index in [1.165, 1.54) is 30.3 Å². The quantitative estimate of drug-likeness (QED) is 0.669. The summed E-state index contributed by atoms with van der Waals surface area (Å²) in [6.07, 6.45) is 5.44. The van der Waals surface area contributed by atoms with Gasteiger partial charge in [-0.15, -0.1) is 11.3 Å². The topological polar surface area (TPSA) is 64.9 Å². The summed E-state index contributed by atoms with van der Waals surface area (Å²) in [6.45, 7) is 2.22. The van der Waals surface area contributed by atoms with Crippen molar-refractivity contribution < 1.29 is 9.90 Å². The van der Waals surface area contributed by atoms with Crippen molar-refractivity contribution in [3.63, 3.8) is 0 Å². The summed E-state index contributed by atoms with van der Waals surface area (Å²) in [5.41, 5.74) is 2.65. The van der Waals surface area contributed by atoms with Gasteiger partial charge in [0.1, 0.15) is 5.75 Å². The number of phenols is 1. The van der Waals surface area contributed by atoms with E-state index in [0.29, 0.717) is 0 Å². The van der Waals surface area contributed by atoms with E-state index in [4.69, 9.17) is 0 Å². The molecule has 0 radical (unpaired) electrons. The Morgan fingerprint density at radius 1 is 1.17 bits per heavy atom. The van der Waals surface area contributed by atoms with Gasteiger partial charge in [-0.2, -0.15) is 5.10 Å². The van der Waals surface area contributed by atoms with Crippen LogP contribution in [0.3, 0.4) is 0 Å². The lowest BCUT2D eigenvalue weighted by Gasteiger charge is -2.27. The van der Waals surface area contributed by atoms with Crippen molar-refractivity contribution >= 4 is 28.5 Å². The van der Waals surface area contributed by atoms with Crippen molar-refractivity contribution in [2.45, 2.75) is 19.3 Å². The molecule has 1 aliphatic heterocycles. The molecule has 120 valence electrons. The van der Waals surface area contributed by atoms with Crippen molar-refractivity contribution in [3.05, 3.63) is 46.8 Å². The largest absolute Gasteiger partial charge is 0.507 e. The maximum atomic E-state index is 11.9. The zero-order chi connectivity index (χ0) is 16.1. The van der Waals surface area contributed by atoms with E-state index in [1.54, 1.807) is 35.8 Å². The molecule has 1 amide bonds. The number of amides is 1. The Hall–Kier alpha value is -2.34. The first-order valence-corrected chi connectivity index (χ1v) is 8.52. The third-order valence-corrected chi connectivity index (χ3v) is 4.87. The van der Waals surface area contributed by atoms with E-state index in [2.05, 4.69) is 21.5 Å². The van der Waals surface area contributed by atoms with Crippen LogP contribution in [-0.4, -0.2) is 30.3 Å². The van der Waals surface area contributed by atoms with Crippen molar-refractivity contribution in [1.29, 1.82) is 0 Å². The second-order valence-electron chi connectivity index (χ2n) is 5.44. The molecule has 0 spiro atoms. The molecule has 1 saturated heterocycles. The van der Waals surface area contributed by atoms with Crippen LogP contribution in [0.4, 0.5) is 5.00 Å². The van der Waals surface area contributed by atoms with Gasteiger partial charge in [-0.25, -0.2) is 5.43 Å². The number of carbonyl (C=O) groups excluding carboxylic acids is 1. The number of hydrogen-bond donors (Lipinski definition) is 2. The molecule has 2 N–H and O–H groups in total. The number of aromatic hydroxyl groups is 1. The lowest BCUT2D eigenvalue weighted by molar-refractivity contribution is 0.0952. The van der Waals surface area contributed by atoms with Crippen LogP contribution in [0, 0.1) is 0 Å². The van der Waals surface area contributed by atoms with Gasteiger partial charge in [-0.05, 0) is 43.5 Å². The molecule has 1 aromatic heterocycles. The summed E-state index contributed by atoms with van der Waals surface area (Å²) in [7, 11) is 0. The molecule has 0 aliphatic carbocycles. The van der Waals surface area contributed by atoms with Gasteiger partial charge in [0, 0.05) is 18.0 Å². The second kappa shape index (κ2) is 7.28. The number of piperidine rings is 1. The molecule has 1 aromatic carbocycles. The smallest absolute Gasteiger partial charge is 0.275 e. The molecule has 0 unspecified atom stereocenters. The minimum Gasteiger partial charge on any atom is -0.507 e. The zero-order valence-electron chi connectivity index (χ0n) is 12.7. The fourth-order valence-corrected chi connectivity index (χ4v) is 3.51. The SMILES string of the molecule is O=C(NN=Cc1ccc(N2CCCCC2)s1)c1ccccc1O. The van der Waals surface area contributed by atoms with E-state index in [1.807, 2.05) is 6.07 Å². The molecule has 2 aromatic rings. The number of hydrogen-bond acceptors (Lipinski definition) is 5. The van der Waals surface area contributed by atoms with Gasteiger partial charge in [0.15, 0.2) is 0 Å². The Balaban J connectivity index is 1.59. The number of hydrazone groups is 1. The predicted octanol–water partition coefficient (Wildman–Crippen LogP) is 3.21.